The molecule has 5 nitrogen and oxygen atoms in total. The zero-order valence-electron chi connectivity index (χ0n) is 13.1. The summed E-state index contributed by atoms with van der Waals surface area (Å²) in [6.07, 6.45) is 0. The zero-order chi connectivity index (χ0) is 17.0. The minimum Gasteiger partial charge on any atom is -0.464 e. The van der Waals surface area contributed by atoms with E-state index in [0.29, 0.717) is 22.1 Å². The van der Waals surface area contributed by atoms with Gasteiger partial charge < -0.3 is 9.64 Å². The normalized spacial score (nSPS) is 10.7. The van der Waals surface area contributed by atoms with Crippen molar-refractivity contribution in [1.82, 2.24) is 9.88 Å². The summed E-state index contributed by atoms with van der Waals surface area (Å²) in [6.45, 7) is 4.18. The maximum atomic E-state index is 12.7. The van der Waals surface area contributed by atoms with Crippen molar-refractivity contribution in [2.24, 2.45) is 0 Å². The highest BCUT2D eigenvalue weighted by molar-refractivity contribution is 7.09. The standard InChI is InChI=1S/C16H17ClN2O3S/c1-10(2)19(15(20)11-5-4-6-12(17)7-11)8-14-18-13(9-23-14)16(21)22-3/h4-7,9-10H,8H2,1-3H3. The number of thiazole rings is 1. The Labute approximate surface area is 143 Å². The Morgan fingerprint density at radius 3 is 2.74 bits per heavy atom. The molecule has 0 spiro atoms. The summed E-state index contributed by atoms with van der Waals surface area (Å²) < 4.78 is 4.64. The molecule has 0 aliphatic carbocycles. The summed E-state index contributed by atoms with van der Waals surface area (Å²) in [5.41, 5.74) is 0.780. The molecule has 0 bridgehead atoms. The van der Waals surface area contributed by atoms with Crippen LogP contribution in [0.2, 0.25) is 5.02 Å². The van der Waals surface area contributed by atoms with E-state index in [2.05, 4.69) is 9.72 Å². The monoisotopic (exact) mass is 352 g/mol. The third-order valence-electron chi connectivity index (χ3n) is 3.21. The van der Waals surface area contributed by atoms with E-state index >= 15 is 0 Å². The third kappa shape index (κ3) is 4.30. The maximum Gasteiger partial charge on any atom is 0.357 e. The van der Waals surface area contributed by atoms with Crippen LogP contribution in [0.25, 0.3) is 0 Å². The Kier molecular flexibility index (Phi) is 5.74. The Balaban J connectivity index is 2.20. The first-order chi connectivity index (χ1) is 10.9. The topological polar surface area (TPSA) is 59.5 Å². The van der Waals surface area contributed by atoms with Crippen LogP contribution in [0.15, 0.2) is 29.6 Å². The summed E-state index contributed by atoms with van der Waals surface area (Å²) in [7, 11) is 1.31. The Bertz CT molecular complexity index is 715. The van der Waals surface area contributed by atoms with Crippen molar-refractivity contribution in [1.29, 1.82) is 0 Å². The van der Waals surface area contributed by atoms with E-state index in [1.54, 1.807) is 34.5 Å². The molecule has 1 aromatic heterocycles. The van der Waals surface area contributed by atoms with Crippen LogP contribution in [-0.2, 0) is 11.3 Å². The van der Waals surface area contributed by atoms with Crippen LogP contribution in [0.3, 0.4) is 0 Å². The third-order valence-corrected chi connectivity index (χ3v) is 4.28. The van der Waals surface area contributed by atoms with Crippen molar-refractivity contribution in [3.05, 3.63) is 50.9 Å². The number of hydrogen-bond donors (Lipinski definition) is 0. The lowest BCUT2D eigenvalue weighted by Crippen LogP contribution is -2.36. The van der Waals surface area contributed by atoms with E-state index in [1.807, 2.05) is 13.8 Å². The summed E-state index contributed by atoms with van der Waals surface area (Å²) in [5, 5.41) is 2.82. The van der Waals surface area contributed by atoms with Crippen LogP contribution in [0, 0.1) is 0 Å². The molecule has 0 aliphatic heterocycles. The van der Waals surface area contributed by atoms with E-state index in [-0.39, 0.29) is 17.6 Å². The lowest BCUT2D eigenvalue weighted by molar-refractivity contribution is 0.0594. The van der Waals surface area contributed by atoms with Crippen LogP contribution in [-0.4, -0.2) is 34.9 Å². The van der Waals surface area contributed by atoms with Gasteiger partial charge in [-0.05, 0) is 32.0 Å². The molecule has 0 aliphatic rings. The van der Waals surface area contributed by atoms with Gasteiger partial charge in [-0.1, -0.05) is 17.7 Å². The second-order valence-electron chi connectivity index (χ2n) is 5.16. The van der Waals surface area contributed by atoms with Gasteiger partial charge in [0.25, 0.3) is 5.91 Å². The number of nitrogens with zero attached hydrogens (tertiary/aromatic N) is 2. The molecule has 0 N–H and O–H groups in total. The summed E-state index contributed by atoms with van der Waals surface area (Å²) in [5.74, 6) is -0.609. The number of aromatic nitrogens is 1. The number of amides is 1. The Hall–Kier alpha value is -1.92. The Morgan fingerprint density at radius 2 is 2.13 bits per heavy atom. The zero-order valence-corrected chi connectivity index (χ0v) is 14.6. The quantitative estimate of drug-likeness (QED) is 0.771. The fraction of sp³-hybridized carbons (Fsp3) is 0.312. The summed E-state index contributed by atoms with van der Waals surface area (Å²) >= 11 is 7.28. The van der Waals surface area contributed by atoms with Crippen molar-refractivity contribution >= 4 is 34.8 Å². The number of carbonyl (C=O) groups is 2. The molecule has 7 heteroatoms. The van der Waals surface area contributed by atoms with Crippen molar-refractivity contribution in [2.75, 3.05) is 7.11 Å². The molecule has 2 aromatic rings. The first-order valence-electron chi connectivity index (χ1n) is 7.01. The fourth-order valence-electron chi connectivity index (χ4n) is 2.00. The number of carbonyl (C=O) groups excluding carboxylic acids is 2. The van der Waals surface area contributed by atoms with E-state index < -0.39 is 5.97 Å². The number of halogens is 1. The lowest BCUT2D eigenvalue weighted by Gasteiger charge is -2.26. The molecule has 1 aromatic carbocycles. The van der Waals surface area contributed by atoms with Gasteiger partial charge in [-0.25, -0.2) is 9.78 Å². The highest BCUT2D eigenvalue weighted by Crippen LogP contribution is 2.19. The average Bonchev–Trinajstić information content (AvgIpc) is 2.99. The second-order valence-corrected chi connectivity index (χ2v) is 6.53. The van der Waals surface area contributed by atoms with Crippen LogP contribution < -0.4 is 0 Å². The predicted molar refractivity (Wildman–Crippen MR) is 89.9 cm³/mol. The molecule has 1 amide bonds. The molecule has 1 heterocycles. The number of methoxy groups -OCH3 is 1. The molecule has 0 saturated carbocycles. The molecule has 2 rings (SSSR count). The highest BCUT2D eigenvalue weighted by Gasteiger charge is 2.21. The fourth-order valence-corrected chi connectivity index (χ4v) is 2.96. The van der Waals surface area contributed by atoms with Gasteiger partial charge in [0.1, 0.15) is 5.01 Å². The van der Waals surface area contributed by atoms with Crippen molar-refractivity contribution in [3.63, 3.8) is 0 Å². The average molecular weight is 353 g/mol. The number of hydrogen-bond acceptors (Lipinski definition) is 5. The number of benzene rings is 1. The SMILES string of the molecule is COC(=O)c1csc(CN(C(=O)c2cccc(Cl)c2)C(C)C)n1. The minimum atomic E-state index is -0.482. The first-order valence-corrected chi connectivity index (χ1v) is 8.27. The summed E-state index contributed by atoms with van der Waals surface area (Å²) in [4.78, 5) is 30.1. The first kappa shape index (κ1) is 17.4. The van der Waals surface area contributed by atoms with Gasteiger partial charge >= 0.3 is 5.97 Å². The highest BCUT2D eigenvalue weighted by atomic mass is 35.5. The molecule has 0 fully saturated rings. The van der Waals surface area contributed by atoms with Crippen LogP contribution in [0.5, 0.6) is 0 Å². The number of rotatable bonds is 5. The van der Waals surface area contributed by atoms with E-state index in [9.17, 15) is 9.59 Å². The Morgan fingerprint density at radius 1 is 1.39 bits per heavy atom. The van der Waals surface area contributed by atoms with E-state index in [0.717, 1.165) is 0 Å². The van der Waals surface area contributed by atoms with Gasteiger partial charge in [-0.15, -0.1) is 11.3 Å². The minimum absolute atomic E-state index is 0.0213. The van der Waals surface area contributed by atoms with Crippen LogP contribution >= 0.6 is 22.9 Å². The largest absolute Gasteiger partial charge is 0.464 e. The molecule has 122 valence electrons. The van der Waals surface area contributed by atoms with Crippen LogP contribution in [0.1, 0.15) is 39.7 Å². The van der Waals surface area contributed by atoms with Crippen molar-refractivity contribution in [3.8, 4) is 0 Å². The lowest BCUT2D eigenvalue weighted by atomic mass is 10.1. The van der Waals surface area contributed by atoms with Gasteiger partial charge in [0, 0.05) is 22.0 Å². The van der Waals surface area contributed by atoms with Gasteiger partial charge in [0.05, 0.1) is 13.7 Å². The molecular weight excluding hydrogens is 336 g/mol. The van der Waals surface area contributed by atoms with E-state index in [4.69, 9.17) is 11.6 Å². The second kappa shape index (κ2) is 7.57. The summed E-state index contributed by atoms with van der Waals surface area (Å²) in [6, 6.07) is 6.81. The van der Waals surface area contributed by atoms with Gasteiger partial charge in [-0.2, -0.15) is 0 Å². The van der Waals surface area contributed by atoms with Gasteiger partial charge in [0.15, 0.2) is 5.69 Å². The smallest absolute Gasteiger partial charge is 0.357 e. The molecule has 0 saturated heterocycles. The molecule has 0 atom stereocenters. The molecule has 23 heavy (non-hydrogen) atoms. The van der Waals surface area contributed by atoms with Gasteiger partial charge in [-0.3, -0.25) is 4.79 Å². The van der Waals surface area contributed by atoms with Gasteiger partial charge in [0.2, 0.25) is 0 Å². The molecule has 0 radical (unpaired) electrons. The molecule has 0 unspecified atom stereocenters. The van der Waals surface area contributed by atoms with Crippen LogP contribution in [0.4, 0.5) is 0 Å². The van der Waals surface area contributed by atoms with Crippen molar-refractivity contribution < 1.29 is 14.3 Å². The maximum absolute atomic E-state index is 12.7. The predicted octanol–water partition coefficient (Wildman–Crippen LogP) is 3.63. The number of ether oxygens (including phenoxy) is 1. The van der Waals surface area contributed by atoms with Crippen molar-refractivity contribution in [2.45, 2.75) is 26.4 Å². The molecular formula is C16H17ClN2O3S. The van der Waals surface area contributed by atoms with E-state index in [1.165, 1.54) is 18.4 Å². The number of esters is 1.